The highest BCUT2D eigenvalue weighted by Gasteiger charge is 2.18. The van der Waals surface area contributed by atoms with Crippen LogP contribution in [0, 0.1) is 5.92 Å². The Labute approximate surface area is 150 Å². The number of benzene rings is 2. The molecule has 132 valence electrons. The molecule has 0 aliphatic carbocycles. The molecular formula is C22H28N2O. The molecule has 0 aromatic heterocycles. The minimum atomic E-state index is 0.162. The molecule has 0 radical (unpaired) electrons. The van der Waals surface area contributed by atoms with Gasteiger partial charge < -0.3 is 10.6 Å². The highest BCUT2D eigenvalue weighted by molar-refractivity contribution is 5.77. The Morgan fingerprint density at radius 2 is 1.80 bits per heavy atom. The summed E-state index contributed by atoms with van der Waals surface area (Å²) in [6.07, 6.45) is 3.85. The number of carbonyl (C=O) groups excluding carboxylic acids is 1. The molecule has 1 aliphatic heterocycles. The van der Waals surface area contributed by atoms with Gasteiger partial charge in [0.2, 0.25) is 5.91 Å². The normalized spacial score (nSPS) is 18.5. The summed E-state index contributed by atoms with van der Waals surface area (Å²) in [5.74, 6) is 0.949. The fraction of sp³-hybridized carbons (Fsp3) is 0.409. The predicted octanol–water partition coefficient (Wildman–Crippen LogP) is 3.52. The van der Waals surface area contributed by atoms with E-state index in [0.29, 0.717) is 12.3 Å². The van der Waals surface area contributed by atoms with Crippen molar-refractivity contribution in [3.05, 3.63) is 71.8 Å². The van der Waals surface area contributed by atoms with Gasteiger partial charge in [-0.1, -0.05) is 60.7 Å². The van der Waals surface area contributed by atoms with Crippen molar-refractivity contribution in [1.29, 1.82) is 0 Å². The molecule has 0 bridgehead atoms. The minimum Gasteiger partial charge on any atom is -0.356 e. The third-order valence-corrected chi connectivity index (χ3v) is 5.01. The van der Waals surface area contributed by atoms with Gasteiger partial charge in [0, 0.05) is 13.0 Å². The van der Waals surface area contributed by atoms with E-state index < -0.39 is 0 Å². The van der Waals surface area contributed by atoms with Gasteiger partial charge in [-0.15, -0.1) is 0 Å². The summed E-state index contributed by atoms with van der Waals surface area (Å²) < 4.78 is 0. The van der Waals surface area contributed by atoms with Gasteiger partial charge in [-0.25, -0.2) is 0 Å². The molecule has 2 atom stereocenters. The molecule has 1 saturated heterocycles. The lowest BCUT2D eigenvalue weighted by Gasteiger charge is -2.23. The van der Waals surface area contributed by atoms with Crippen molar-refractivity contribution in [3.8, 4) is 0 Å². The standard InChI is InChI=1S/C22H28N2O/c25-22(24-17-19-10-7-13-23-16-19)15-21(20-11-5-2-6-12-20)14-18-8-3-1-4-9-18/h1-6,8-9,11-12,19,21,23H,7,10,13-17H2,(H,24,25). The molecule has 2 aromatic rings. The summed E-state index contributed by atoms with van der Waals surface area (Å²) in [5.41, 5.74) is 2.52. The lowest BCUT2D eigenvalue weighted by atomic mass is 9.89. The van der Waals surface area contributed by atoms with E-state index in [0.717, 1.165) is 26.1 Å². The van der Waals surface area contributed by atoms with Crippen molar-refractivity contribution in [1.82, 2.24) is 10.6 Å². The first-order valence-corrected chi connectivity index (χ1v) is 9.37. The first-order chi connectivity index (χ1) is 12.3. The number of piperidine rings is 1. The maximum Gasteiger partial charge on any atom is 0.220 e. The molecule has 3 nitrogen and oxygen atoms in total. The van der Waals surface area contributed by atoms with Crippen molar-refractivity contribution < 1.29 is 4.79 Å². The van der Waals surface area contributed by atoms with Crippen LogP contribution in [0.3, 0.4) is 0 Å². The third kappa shape index (κ3) is 5.71. The summed E-state index contributed by atoms with van der Waals surface area (Å²) in [6.45, 7) is 2.92. The van der Waals surface area contributed by atoms with Crippen LogP contribution < -0.4 is 10.6 Å². The number of carbonyl (C=O) groups is 1. The van der Waals surface area contributed by atoms with Gasteiger partial charge in [-0.3, -0.25) is 4.79 Å². The SMILES string of the molecule is O=C(CC(Cc1ccccc1)c1ccccc1)NCC1CCCNC1. The molecule has 1 amide bonds. The van der Waals surface area contributed by atoms with Gasteiger partial charge >= 0.3 is 0 Å². The zero-order chi connectivity index (χ0) is 17.3. The molecule has 2 aromatic carbocycles. The van der Waals surface area contributed by atoms with Crippen molar-refractivity contribution in [2.75, 3.05) is 19.6 Å². The van der Waals surface area contributed by atoms with Crippen LogP contribution in [0.15, 0.2) is 60.7 Å². The molecule has 2 unspecified atom stereocenters. The number of hydrogen-bond donors (Lipinski definition) is 2. The lowest BCUT2D eigenvalue weighted by Crippen LogP contribution is -2.38. The van der Waals surface area contributed by atoms with Gasteiger partial charge in [0.1, 0.15) is 0 Å². The van der Waals surface area contributed by atoms with Crippen LogP contribution >= 0.6 is 0 Å². The smallest absolute Gasteiger partial charge is 0.220 e. The van der Waals surface area contributed by atoms with Crippen LogP contribution in [0.4, 0.5) is 0 Å². The molecule has 0 spiro atoms. The van der Waals surface area contributed by atoms with Gasteiger partial charge in [0.15, 0.2) is 0 Å². The molecule has 3 rings (SSSR count). The Kier molecular flexibility index (Phi) is 6.63. The molecule has 3 heteroatoms. The average Bonchev–Trinajstić information content (AvgIpc) is 2.68. The van der Waals surface area contributed by atoms with Crippen LogP contribution in [-0.4, -0.2) is 25.5 Å². The fourth-order valence-electron chi connectivity index (χ4n) is 3.58. The highest BCUT2D eigenvalue weighted by atomic mass is 16.1. The second kappa shape index (κ2) is 9.38. The number of rotatable bonds is 7. The third-order valence-electron chi connectivity index (χ3n) is 5.01. The van der Waals surface area contributed by atoms with E-state index in [4.69, 9.17) is 0 Å². The van der Waals surface area contributed by atoms with E-state index in [-0.39, 0.29) is 11.8 Å². The zero-order valence-electron chi connectivity index (χ0n) is 14.8. The van der Waals surface area contributed by atoms with Crippen molar-refractivity contribution >= 4 is 5.91 Å². The Hall–Kier alpha value is -2.13. The topological polar surface area (TPSA) is 41.1 Å². The van der Waals surface area contributed by atoms with E-state index in [1.165, 1.54) is 24.0 Å². The Morgan fingerprint density at radius 3 is 2.48 bits per heavy atom. The van der Waals surface area contributed by atoms with Crippen molar-refractivity contribution in [3.63, 3.8) is 0 Å². The first kappa shape index (κ1) is 17.7. The zero-order valence-corrected chi connectivity index (χ0v) is 14.8. The number of nitrogens with one attached hydrogen (secondary N) is 2. The van der Waals surface area contributed by atoms with Crippen LogP contribution in [0.1, 0.15) is 36.3 Å². The van der Waals surface area contributed by atoms with Crippen molar-refractivity contribution in [2.45, 2.75) is 31.6 Å². The average molecular weight is 336 g/mol. The molecule has 1 aliphatic rings. The van der Waals surface area contributed by atoms with Gasteiger partial charge in [0.25, 0.3) is 0 Å². The Bertz CT molecular complexity index is 636. The second-order valence-electron chi connectivity index (χ2n) is 7.02. The fourth-order valence-corrected chi connectivity index (χ4v) is 3.58. The maximum atomic E-state index is 12.5. The maximum absolute atomic E-state index is 12.5. The summed E-state index contributed by atoms with van der Waals surface area (Å²) in [5, 5.41) is 6.57. The summed E-state index contributed by atoms with van der Waals surface area (Å²) in [4.78, 5) is 12.5. The number of hydrogen-bond acceptors (Lipinski definition) is 2. The molecule has 25 heavy (non-hydrogen) atoms. The monoisotopic (exact) mass is 336 g/mol. The van der Waals surface area contributed by atoms with Crippen LogP contribution in [0.5, 0.6) is 0 Å². The Morgan fingerprint density at radius 1 is 1.08 bits per heavy atom. The summed E-state index contributed by atoms with van der Waals surface area (Å²) in [7, 11) is 0. The van der Waals surface area contributed by atoms with Gasteiger partial charge in [0.05, 0.1) is 0 Å². The molecule has 1 heterocycles. The summed E-state index contributed by atoms with van der Waals surface area (Å²) >= 11 is 0. The highest BCUT2D eigenvalue weighted by Crippen LogP contribution is 2.24. The van der Waals surface area contributed by atoms with Gasteiger partial charge in [-0.05, 0) is 55.3 Å². The number of amides is 1. The summed E-state index contributed by atoms with van der Waals surface area (Å²) in [6, 6.07) is 20.8. The minimum absolute atomic E-state index is 0.162. The molecule has 1 fully saturated rings. The van der Waals surface area contributed by atoms with Crippen molar-refractivity contribution in [2.24, 2.45) is 5.92 Å². The van der Waals surface area contributed by atoms with E-state index in [1.54, 1.807) is 0 Å². The molecule has 0 saturated carbocycles. The molecule has 2 N–H and O–H groups in total. The predicted molar refractivity (Wildman–Crippen MR) is 103 cm³/mol. The largest absolute Gasteiger partial charge is 0.356 e. The Balaban J connectivity index is 1.59. The van der Waals surface area contributed by atoms with E-state index in [1.807, 2.05) is 12.1 Å². The van der Waals surface area contributed by atoms with E-state index in [9.17, 15) is 4.79 Å². The lowest BCUT2D eigenvalue weighted by molar-refractivity contribution is -0.121. The molecular weight excluding hydrogens is 308 g/mol. The van der Waals surface area contributed by atoms with Crippen LogP contribution in [-0.2, 0) is 11.2 Å². The van der Waals surface area contributed by atoms with Crippen LogP contribution in [0.25, 0.3) is 0 Å². The quantitative estimate of drug-likeness (QED) is 0.812. The van der Waals surface area contributed by atoms with E-state index in [2.05, 4.69) is 59.2 Å². The van der Waals surface area contributed by atoms with Crippen LogP contribution in [0.2, 0.25) is 0 Å². The van der Waals surface area contributed by atoms with E-state index >= 15 is 0 Å². The first-order valence-electron chi connectivity index (χ1n) is 9.37. The second-order valence-corrected chi connectivity index (χ2v) is 7.02. The van der Waals surface area contributed by atoms with Gasteiger partial charge in [-0.2, -0.15) is 0 Å².